The minimum absolute atomic E-state index is 0.722. The lowest BCUT2D eigenvalue weighted by Gasteiger charge is -2.07. The molecular weight excluding hydrogens is 252 g/mol. The van der Waals surface area contributed by atoms with Crippen molar-refractivity contribution in [3.05, 3.63) is 53.6 Å². The molecule has 0 saturated heterocycles. The molecule has 0 atom stereocenters. The number of hydrazone groups is 1. The molecule has 0 fully saturated rings. The summed E-state index contributed by atoms with van der Waals surface area (Å²) < 4.78 is 10.5. The standard InChI is InChI=1S/C16H18N2O2/c1-12-6-4-5-7-15(12)18-17-11-13-8-9-14(19-2)10-16(13)20-3/h4-11,18H,1-3H3/b17-11+. The van der Waals surface area contributed by atoms with Crippen molar-refractivity contribution in [3.63, 3.8) is 0 Å². The lowest BCUT2D eigenvalue weighted by atomic mass is 10.2. The maximum absolute atomic E-state index is 5.32. The molecule has 1 N–H and O–H groups in total. The fraction of sp³-hybridized carbons (Fsp3) is 0.188. The second-order valence-corrected chi connectivity index (χ2v) is 4.29. The Kier molecular flexibility index (Phi) is 4.60. The number of benzene rings is 2. The normalized spacial score (nSPS) is 10.6. The third-order valence-electron chi connectivity index (χ3n) is 2.97. The molecule has 0 amide bonds. The van der Waals surface area contributed by atoms with Crippen LogP contribution in [0.15, 0.2) is 47.6 Å². The van der Waals surface area contributed by atoms with E-state index in [4.69, 9.17) is 9.47 Å². The minimum Gasteiger partial charge on any atom is -0.497 e. The number of hydrogen-bond donors (Lipinski definition) is 1. The van der Waals surface area contributed by atoms with Crippen molar-refractivity contribution >= 4 is 11.9 Å². The number of para-hydroxylation sites is 1. The Morgan fingerprint density at radius 2 is 1.85 bits per heavy atom. The molecule has 0 bridgehead atoms. The lowest BCUT2D eigenvalue weighted by molar-refractivity contribution is 0.394. The van der Waals surface area contributed by atoms with Gasteiger partial charge in [-0.25, -0.2) is 0 Å². The minimum atomic E-state index is 0.722. The van der Waals surface area contributed by atoms with E-state index in [-0.39, 0.29) is 0 Å². The predicted molar refractivity (Wildman–Crippen MR) is 81.9 cm³/mol. The van der Waals surface area contributed by atoms with E-state index in [1.165, 1.54) is 0 Å². The molecule has 4 nitrogen and oxygen atoms in total. The molecule has 0 heterocycles. The van der Waals surface area contributed by atoms with Crippen molar-refractivity contribution in [2.75, 3.05) is 19.6 Å². The Balaban J connectivity index is 2.13. The van der Waals surface area contributed by atoms with E-state index in [9.17, 15) is 0 Å². The van der Waals surface area contributed by atoms with Crippen LogP contribution in [0.3, 0.4) is 0 Å². The Morgan fingerprint density at radius 1 is 1.05 bits per heavy atom. The first-order valence-electron chi connectivity index (χ1n) is 6.31. The number of ether oxygens (including phenoxy) is 2. The highest BCUT2D eigenvalue weighted by molar-refractivity contribution is 5.84. The van der Waals surface area contributed by atoms with Crippen molar-refractivity contribution in [2.24, 2.45) is 5.10 Å². The summed E-state index contributed by atoms with van der Waals surface area (Å²) >= 11 is 0. The number of rotatable bonds is 5. The van der Waals surface area contributed by atoms with Crippen LogP contribution in [0.2, 0.25) is 0 Å². The van der Waals surface area contributed by atoms with Gasteiger partial charge < -0.3 is 9.47 Å². The van der Waals surface area contributed by atoms with Gasteiger partial charge in [-0.3, -0.25) is 5.43 Å². The second-order valence-electron chi connectivity index (χ2n) is 4.29. The summed E-state index contributed by atoms with van der Waals surface area (Å²) in [6.45, 7) is 2.03. The molecule has 2 rings (SSSR count). The van der Waals surface area contributed by atoms with Crippen LogP contribution >= 0.6 is 0 Å². The highest BCUT2D eigenvalue weighted by Gasteiger charge is 2.02. The number of nitrogens with zero attached hydrogens (tertiary/aromatic N) is 1. The van der Waals surface area contributed by atoms with Crippen molar-refractivity contribution in [2.45, 2.75) is 6.92 Å². The Hall–Kier alpha value is -2.49. The van der Waals surface area contributed by atoms with Gasteiger partial charge >= 0.3 is 0 Å². The fourth-order valence-electron chi connectivity index (χ4n) is 1.79. The van der Waals surface area contributed by atoms with E-state index >= 15 is 0 Å². The van der Waals surface area contributed by atoms with Gasteiger partial charge in [0.25, 0.3) is 0 Å². The zero-order valence-corrected chi connectivity index (χ0v) is 11.9. The summed E-state index contributed by atoms with van der Waals surface area (Å²) in [5.74, 6) is 1.48. The maximum Gasteiger partial charge on any atom is 0.131 e. The topological polar surface area (TPSA) is 42.8 Å². The van der Waals surface area contributed by atoms with Crippen molar-refractivity contribution in [1.29, 1.82) is 0 Å². The zero-order chi connectivity index (χ0) is 14.4. The summed E-state index contributed by atoms with van der Waals surface area (Å²) in [4.78, 5) is 0. The largest absolute Gasteiger partial charge is 0.497 e. The van der Waals surface area contributed by atoms with Gasteiger partial charge in [0.2, 0.25) is 0 Å². The van der Waals surface area contributed by atoms with Crippen LogP contribution in [-0.4, -0.2) is 20.4 Å². The molecule has 0 unspecified atom stereocenters. The van der Waals surface area contributed by atoms with Gasteiger partial charge in [0.15, 0.2) is 0 Å². The lowest BCUT2D eigenvalue weighted by Crippen LogP contribution is -1.96. The molecule has 0 saturated carbocycles. The van der Waals surface area contributed by atoms with Gasteiger partial charge in [-0.2, -0.15) is 5.10 Å². The first-order chi connectivity index (χ1) is 9.74. The van der Waals surface area contributed by atoms with Gasteiger partial charge in [0.1, 0.15) is 11.5 Å². The van der Waals surface area contributed by atoms with Gasteiger partial charge in [0.05, 0.1) is 26.1 Å². The summed E-state index contributed by atoms with van der Waals surface area (Å²) in [7, 11) is 3.25. The van der Waals surface area contributed by atoms with Gasteiger partial charge in [0, 0.05) is 11.6 Å². The zero-order valence-electron chi connectivity index (χ0n) is 11.9. The molecule has 2 aromatic rings. The summed E-state index contributed by atoms with van der Waals surface area (Å²) in [5, 5.41) is 4.24. The van der Waals surface area contributed by atoms with Crippen LogP contribution in [0.25, 0.3) is 0 Å². The molecule has 2 aromatic carbocycles. The third kappa shape index (κ3) is 3.29. The van der Waals surface area contributed by atoms with E-state index in [0.29, 0.717) is 0 Å². The average molecular weight is 270 g/mol. The molecule has 0 aliphatic rings. The van der Waals surface area contributed by atoms with E-state index in [0.717, 1.165) is 28.3 Å². The summed E-state index contributed by atoms with van der Waals surface area (Å²) in [5.41, 5.74) is 6.04. The summed E-state index contributed by atoms with van der Waals surface area (Å²) in [6.07, 6.45) is 1.73. The van der Waals surface area contributed by atoms with Crippen molar-refractivity contribution < 1.29 is 9.47 Å². The molecule has 20 heavy (non-hydrogen) atoms. The number of aryl methyl sites for hydroxylation is 1. The van der Waals surface area contributed by atoms with Crippen LogP contribution in [0.5, 0.6) is 11.5 Å². The first kappa shape index (κ1) is 13.9. The first-order valence-corrected chi connectivity index (χ1v) is 6.31. The molecule has 0 aliphatic carbocycles. The van der Waals surface area contributed by atoms with Gasteiger partial charge in [-0.05, 0) is 30.7 Å². The highest BCUT2D eigenvalue weighted by atomic mass is 16.5. The van der Waals surface area contributed by atoms with Crippen LogP contribution in [-0.2, 0) is 0 Å². The van der Waals surface area contributed by atoms with E-state index in [2.05, 4.69) is 10.5 Å². The Bertz CT molecular complexity index is 609. The second kappa shape index (κ2) is 6.61. The SMILES string of the molecule is COc1ccc(/C=N/Nc2ccccc2C)c(OC)c1. The third-order valence-corrected chi connectivity index (χ3v) is 2.97. The van der Waals surface area contributed by atoms with Gasteiger partial charge in [-0.15, -0.1) is 0 Å². The van der Waals surface area contributed by atoms with Crippen LogP contribution < -0.4 is 14.9 Å². The van der Waals surface area contributed by atoms with Crippen LogP contribution in [0.1, 0.15) is 11.1 Å². The molecule has 0 radical (unpaired) electrons. The van der Waals surface area contributed by atoms with E-state index in [1.807, 2.05) is 49.4 Å². The van der Waals surface area contributed by atoms with E-state index in [1.54, 1.807) is 20.4 Å². The number of methoxy groups -OCH3 is 2. The number of hydrogen-bond acceptors (Lipinski definition) is 4. The number of anilines is 1. The number of nitrogens with one attached hydrogen (secondary N) is 1. The summed E-state index contributed by atoms with van der Waals surface area (Å²) in [6, 6.07) is 13.6. The monoisotopic (exact) mass is 270 g/mol. The Labute approximate surface area is 119 Å². The molecule has 0 aliphatic heterocycles. The molecular formula is C16H18N2O2. The van der Waals surface area contributed by atoms with E-state index < -0.39 is 0 Å². The Morgan fingerprint density at radius 3 is 2.55 bits per heavy atom. The molecule has 0 aromatic heterocycles. The molecule has 104 valence electrons. The van der Waals surface area contributed by atoms with Crippen molar-refractivity contribution in [3.8, 4) is 11.5 Å². The van der Waals surface area contributed by atoms with Crippen molar-refractivity contribution in [1.82, 2.24) is 0 Å². The predicted octanol–water partition coefficient (Wildman–Crippen LogP) is 3.46. The molecule has 0 spiro atoms. The van der Waals surface area contributed by atoms with Crippen LogP contribution in [0, 0.1) is 6.92 Å². The smallest absolute Gasteiger partial charge is 0.131 e. The average Bonchev–Trinajstić information content (AvgIpc) is 2.49. The van der Waals surface area contributed by atoms with Crippen LogP contribution in [0.4, 0.5) is 5.69 Å². The quantitative estimate of drug-likeness (QED) is 0.668. The molecule has 4 heteroatoms. The van der Waals surface area contributed by atoms with Gasteiger partial charge in [-0.1, -0.05) is 18.2 Å². The highest BCUT2D eigenvalue weighted by Crippen LogP contribution is 2.23. The fourth-order valence-corrected chi connectivity index (χ4v) is 1.79. The maximum atomic E-state index is 5.32.